The highest BCUT2D eigenvalue weighted by Gasteiger charge is 2.25. The number of amides is 1. The maximum atomic E-state index is 15.7. The molecule has 1 saturated carbocycles. The van der Waals surface area contributed by atoms with Crippen LogP contribution in [0.2, 0.25) is 0 Å². The summed E-state index contributed by atoms with van der Waals surface area (Å²) in [5, 5.41) is 9.29. The largest absolute Gasteiger partial charge is 0.375 e. The molecule has 0 spiro atoms. The lowest BCUT2D eigenvalue weighted by molar-refractivity contribution is 0.100. The highest BCUT2D eigenvalue weighted by Crippen LogP contribution is 2.34. The first kappa shape index (κ1) is 21.5. The molecule has 1 amide bonds. The Balaban J connectivity index is 1.70. The van der Waals surface area contributed by atoms with Crippen molar-refractivity contribution in [2.24, 2.45) is 11.5 Å². The summed E-state index contributed by atoms with van der Waals surface area (Å²) < 4.78 is 15.7. The summed E-state index contributed by atoms with van der Waals surface area (Å²) in [6.45, 7) is 0. The van der Waals surface area contributed by atoms with Gasteiger partial charge in [-0.1, -0.05) is 31.0 Å². The van der Waals surface area contributed by atoms with Crippen LogP contribution in [0.5, 0.6) is 0 Å². The minimum absolute atomic E-state index is 0.0664. The number of nitrogens with zero attached hydrogens (tertiary/aromatic N) is 2. The zero-order chi connectivity index (χ0) is 22.5. The van der Waals surface area contributed by atoms with Crippen molar-refractivity contribution in [1.29, 1.82) is 0 Å². The van der Waals surface area contributed by atoms with Gasteiger partial charge in [0.25, 0.3) is 5.91 Å². The fraction of sp³-hybridized carbons (Fsp3) is 0.261. The Kier molecular flexibility index (Phi) is 6.46. The SMILES string of the molecule is NC(=O)c1cccnc1Nc1cnc(Nc2ccccc2)c(NC2CCCCC2N)c1F. The molecule has 3 aromatic rings. The number of nitrogens with two attached hydrogens (primary N) is 2. The van der Waals surface area contributed by atoms with Crippen LogP contribution in [-0.4, -0.2) is 28.0 Å². The van der Waals surface area contributed by atoms with Crippen LogP contribution in [0.15, 0.2) is 54.9 Å². The topological polar surface area (TPSA) is 131 Å². The fourth-order valence-electron chi connectivity index (χ4n) is 3.82. The van der Waals surface area contributed by atoms with Crippen molar-refractivity contribution in [3.05, 3.63) is 66.2 Å². The van der Waals surface area contributed by atoms with E-state index in [0.29, 0.717) is 5.82 Å². The van der Waals surface area contributed by atoms with Crippen LogP contribution in [0.3, 0.4) is 0 Å². The maximum Gasteiger partial charge on any atom is 0.252 e. The van der Waals surface area contributed by atoms with Crippen LogP contribution < -0.4 is 27.4 Å². The number of benzene rings is 1. The summed E-state index contributed by atoms with van der Waals surface area (Å²) in [4.78, 5) is 20.3. The van der Waals surface area contributed by atoms with Gasteiger partial charge in [0.15, 0.2) is 11.6 Å². The zero-order valence-electron chi connectivity index (χ0n) is 17.5. The van der Waals surface area contributed by atoms with E-state index in [1.54, 1.807) is 6.07 Å². The Morgan fingerprint density at radius 3 is 2.53 bits per heavy atom. The van der Waals surface area contributed by atoms with Gasteiger partial charge in [-0.15, -0.1) is 0 Å². The molecule has 1 fully saturated rings. The molecule has 0 aliphatic heterocycles. The van der Waals surface area contributed by atoms with Gasteiger partial charge in [0.2, 0.25) is 0 Å². The Hall–Kier alpha value is -3.72. The number of aromatic nitrogens is 2. The van der Waals surface area contributed by atoms with Gasteiger partial charge in [0.1, 0.15) is 11.5 Å². The Morgan fingerprint density at radius 1 is 1.00 bits per heavy atom. The van der Waals surface area contributed by atoms with Crippen LogP contribution in [-0.2, 0) is 0 Å². The van der Waals surface area contributed by atoms with E-state index in [-0.39, 0.29) is 34.8 Å². The number of rotatable bonds is 7. The van der Waals surface area contributed by atoms with Crippen molar-refractivity contribution in [3.63, 3.8) is 0 Å². The second-order valence-corrected chi connectivity index (χ2v) is 7.79. The Bertz CT molecular complexity index is 1090. The first-order valence-corrected chi connectivity index (χ1v) is 10.6. The molecule has 4 rings (SSSR count). The van der Waals surface area contributed by atoms with Gasteiger partial charge in [-0.25, -0.2) is 14.4 Å². The molecule has 1 aliphatic rings. The summed E-state index contributed by atoms with van der Waals surface area (Å²) in [6.07, 6.45) is 6.65. The number of carbonyl (C=O) groups is 1. The number of hydrogen-bond acceptors (Lipinski definition) is 7. The summed E-state index contributed by atoms with van der Waals surface area (Å²) in [5.41, 5.74) is 12.9. The highest BCUT2D eigenvalue weighted by molar-refractivity contribution is 5.98. The lowest BCUT2D eigenvalue weighted by Crippen LogP contribution is -2.42. The number of nitrogens with one attached hydrogen (secondary N) is 3. The monoisotopic (exact) mass is 435 g/mol. The smallest absolute Gasteiger partial charge is 0.252 e. The number of carbonyl (C=O) groups excluding carboxylic acids is 1. The maximum absolute atomic E-state index is 15.7. The van der Waals surface area contributed by atoms with E-state index >= 15 is 4.39 Å². The summed E-state index contributed by atoms with van der Waals surface area (Å²) in [6, 6.07) is 12.3. The van der Waals surface area contributed by atoms with E-state index in [9.17, 15) is 4.79 Å². The second-order valence-electron chi connectivity index (χ2n) is 7.79. The molecular formula is C23H26FN7O. The number of pyridine rings is 2. The van der Waals surface area contributed by atoms with Gasteiger partial charge in [0, 0.05) is 24.0 Å². The molecule has 0 radical (unpaired) electrons. The molecule has 1 aliphatic carbocycles. The number of para-hydroxylation sites is 1. The van der Waals surface area contributed by atoms with Crippen molar-refractivity contribution in [1.82, 2.24) is 9.97 Å². The van der Waals surface area contributed by atoms with E-state index < -0.39 is 11.7 Å². The minimum Gasteiger partial charge on any atom is -0.375 e. The van der Waals surface area contributed by atoms with Crippen LogP contribution in [0.25, 0.3) is 0 Å². The molecule has 32 heavy (non-hydrogen) atoms. The summed E-state index contributed by atoms with van der Waals surface area (Å²) in [7, 11) is 0. The summed E-state index contributed by atoms with van der Waals surface area (Å²) in [5.74, 6) is -0.724. The first-order valence-electron chi connectivity index (χ1n) is 10.6. The number of halogens is 1. The van der Waals surface area contributed by atoms with Crippen LogP contribution in [0.1, 0.15) is 36.0 Å². The third-order valence-corrected chi connectivity index (χ3v) is 5.53. The van der Waals surface area contributed by atoms with E-state index in [4.69, 9.17) is 11.5 Å². The van der Waals surface area contributed by atoms with Crippen molar-refractivity contribution in [2.75, 3.05) is 16.0 Å². The molecule has 1 aromatic carbocycles. The van der Waals surface area contributed by atoms with Gasteiger partial charge < -0.3 is 27.4 Å². The van der Waals surface area contributed by atoms with E-state index in [1.165, 1.54) is 18.5 Å². The molecule has 166 valence electrons. The fourth-order valence-corrected chi connectivity index (χ4v) is 3.82. The minimum atomic E-state index is -0.664. The second kappa shape index (κ2) is 9.61. The molecule has 2 heterocycles. The number of anilines is 5. The molecule has 8 nitrogen and oxygen atoms in total. The van der Waals surface area contributed by atoms with Gasteiger partial charge >= 0.3 is 0 Å². The predicted octanol–water partition coefficient (Wildman–Crippen LogP) is 3.88. The quantitative estimate of drug-likeness (QED) is 0.380. The molecule has 2 unspecified atom stereocenters. The van der Waals surface area contributed by atoms with E-state index in [2.05, 4.69) is 25.9 Å². The molecule has 0 saturated heterocycles. The van der Waals surface area contributed by atoms with Gasteiger partial charge in [-0.05, 0) is 37.1 Å². The van der Waals surface area contributed by atoms with Gasteiger partial charge in [-0.2, -0.15) is 0 Å². The van der Waals surface area contributed by atoms with Crippen LogP contribution in [0, 0.1) is 5.82 Å². The van der Waals surface area contributed by atoms with Gasteiger partial charge in [-0.3, -0.25) is 4.79 Å². The molecular weight excluding hydrogens is 409 g/mol. The lowest BCUT2D eigenvalue weighted by Gasteiger charge is -2.31. The Morgan fingerprint density at radius 2 is 1.78 bits per heavy atom. The normalized spacial score (nSPS) is 18.1. The van der Waals surface area contributed by atoms with Crippen LogP contribution >= 0.6 is 0 Å². The molecule has 7 N–H and O–H groups in total. The van der Waals surface area contributed by atoms with E-state index in [0.717, 1.165) is 31.4 Å². The molecule has 9 heteroatoms. The Labute approximate surface area is 185 Å². The standard InChI is InChI=1S/C23H26FN7O/c24-19-18(31-22-15(21(26)32)9-6-12-27-22)13-28-23(29-14-7-2-1-3-8-14)20(19)30-17-11-5-4-10-16(17)25/h1-3,6-9,12-13,16-17,30H,4-5,10-11,25H2,(H2,26,32)(H,27,31)(H,28,29). The molecule has 2 atom stereocenters. The molecule has 0 bridgehead atoms. The highest BCUT2D eigenvalue weighted by atomic mass is 19.1. The van der Waals surface area contributed by atoms with Crippen molar-refractivity contribution < 1.29 is 9.18 Å². The average Bonchev–Trinajstić information content (AvgIpc) is 2.80. The number of hydrogen-bond donors (Lipinski definition) is 5. The van der Waals surface area contributed by atoms with E-state index in [1.807, 2.05) is 30.3 Å². The third kappa shape index (κ3) is 4.78. The lowest BCUT2D eigenvalue weighted by atomic mass is 9.91. The van der Waals surface area contributed by atoms with Crippen molar-refractivity contribution >= 4 is 34.6 Å². The average molecular weight is 436 g/mol. The predicted molar refractivity (Wildman–Crippen MR) is 124 cm³/mol. The molecule has 2 aromatic heterocycles. The zero-order valence-corrected chi connectivity index (χ0v) is 17.5. The van der Waals surface area contributed by atoms with Crippen molar-refractivity contribution in [3.8, 4) is 0 Å². The van der Waals surface area contributed by atoms with Gasteiger partial charge in [0.05, 0.1) is 17.4 Å². The van der Waals surface area contributed by atoms with Crippen molar-refractivity contribution in [2.45, 2.75) is 37.8 Å². The summed E-state index contributed by atoms with van der Waals surface area (Å²) >= 11 is 0. The third-order valence-electron chi connectivity index (χ3n) is 5.53. The number of primary amides is 1. The van der Waals surface area contributed by atoms with Crippen LogP contribution in [0.4, 0.5) is 33.1 Å². The first-order chi connectivity index (χ1) is 15.5.